The number of benzene rings is 1. The van der Waals surface area contributed by atoms with E-state index < -0.39 is 0 Å². The van der Waals surface area contributed by atoms with Crippen LogP contribution in [0.25, 0.3) is 0 Å². The van der Waals surface area contributed by atoms with Gasteiger partial charge in [-0.05, 0) is 38.0 Å². The molecule has 5 nitrogen and oxygen atoms in total. The van der Waals surface area contributed by atoms with Gasteiger partial charge in [-0.1, -0.05) is 0 Å². The molecule has 1 fully saturated rings. The molecule has 0 aromatic heterocycles. The molecule has 1 unspecified atom stereocenters. The summed E-state index contributed by atoms with van der Waals surface area (Å²) in [7, 11) is 3.45. The molecule has 2 rings (SSSR count). The summed E-state index contributed by atoms with van der Waals surface area (Å²) < 4.78 is 5.73. The number of nitrogens with zero attached hydrogens (tertiary/aromatic N) is 1. The van der Waals surface area contributed by atoms with Gasteiger partial charge in [-0.15, -0.1) is 0 Å². The lowest BCUT2D eigenvalue weighted by Crippen LogP contribution is -2.32. The van der Waals surface area contributed by atoms with Crippen LogP contribution in [0.4, 0.5) is 11.4 Å². The van der Waals surface area contributed by atoms with Crippen molar-refractivity contribution < 1.29 is 9.53 Å². The highest BCUT2D eigenvalue weighted by molar-refractivity contribution is 5.95. The summed E-state index contributed by atoms with van der Waals surface area (Å²) in [5.41, 5.74) is 7.92. The zero-order chi connectivity index (χ0) is 14.8. The highest BCUT2D eigenvalue weighted by Crippen LogP contribution is 2.27. The number of hydrogen-bond acceptors (Lipinski definition) is 4. The van der Waals surface area contributed by atoms with Gasteiger partial charge in [-0.25, -0.2) is 0 Å². The van der Waals surface area contributed by atoms with Gasteiger partial charge in [0, 0.05) is 32.8 Å². The van der Waals surface area contributed by atoms with Crippen molar-refractivity contribution in [2.24, 2.45) is 0 Å². The second kappa shape index (κ2) is 5.71. The van der Waals surface area contributed by atoms with Crippen molar-refractivity contribution >= 4 is 17.3 Å². The van der Waals surface area contributed by atoms with Crippen LogP contribution in [0, 0.1) is 0 Å². The van der Waals surface area contributed by atoms with Crippen molar-refractivity contribution in [3.63, 3.8) is 0 Å². The Balaban J connectivity index is 2.04. The smallest absolute Gasteiger partial charge is 0.253 e. The van der Waals surface area contributed by atoms with Crippen LogP contribution < -0.4 is 11.1 Å². The van der Waals surface area contributed by atoms with E-state index in [0.29, 0.717) is 11.3 Å². The Morgan fingerprint density at radius 3 is 2.80 bits per heavy atom. The molecule has 0 bridgehead atoms. The van der Waals surface area contributed by atoms with Gasteiger partial charge in [0.25, 0.3) is 5.91 Å². The Morgan fingerprint density at radius 2 is 2.25 bits per heavy atom. The molecule has 1 atom stereocenters. The van der Waals surface area contributed by atoms with Gasteiger partial charge in [0.05, 0.1) is 17.0 Å². The molecule has 1 heterocycles. The topological polar surface area (TPSA) is 67.6 Å². The lowest BCUT2D eigenvalue weighted by molar-refractivity contribution is 0.0315. The van der Waals surface area contributed by atoms with E-state index in [0.717, 1.165) is 31.7 Å². The van der Waals surface area contributed by atoms with Crippen LogP contribution in [0.2, 0.25) is 0 Å². The number of carbonyl (C=O) groups is 1. The molecule has 1 saturated heterocycles. The van der Waals surface area contributed by atoms with Crippen LogP contribution >= 0.6 is 0 Å². The molecule has 1 aliphatic heterocycles. The molecule has 20 heavy (non-hydrogen) atoms. The van der Waals surface area contributed by atoms with Crippen molar-refractivity contribution in [1.82, 2.24) is 4.90 Å². The summed E-state index contributed by atoms with van der Waals surface area (Å²) in [5.74, 6) is -0.0469. The molecular weight excluding hydrogens is 254 g/mol. The third kappa shape index (κ3) is 3.22. The second-order valence-electron chi connectivity index (χ2n) is 5.76. The van der Waals surface area contributed by atoms with Gasteiger partial charge >= 0.3 is 0 Å². The Morgan fingerprint density at radius 1 is 1.50 bits per heavy atom. The SMILES string of the molecule is CN(C)C(=O)c1ccc(NCC2(C)CCCO2)c(N)c1. The van der Waals surface area contributed by atoms with Gasteiger partial charge in [0.2, 0.25) is 0 Å². The molecule has 0 saturated carbocycles. The second-order valence-corrected chi connectivity index (χ2v) is 5.76. The number of carbonyl (C=O) groups excluding carboxylic acids is 1. The summed E-state index contributed by atoms with van der Waals surface area (Å²) in [5, 5.41) is 3.32. The number of nitrogens with one attached hydrogen (secondary N) is 1. The standard InChI is InChI=1S/C15H23N3O2/c1-15(7-4-8-20-15)10-17-13-6-5-11(9-12(13)16)14(19)18(2)3/h5-6,9,17H,4,7-8,10,16H2,1-3H3. The molecule has 5 heteroatoms. The monoisotopic (exact) mass is 277 g/mol. The Bertz CT molecular complexity index is 494. The summed E-state index contributed by atoms with van der Waals surface area (Å²) in [6.45, 7) is 3.65. The minimum absolute atomic E-state index is 0.0469. The predicted molar refractivity (Wildman–Crippen MR) is 81.0 cm³/mol. The first-order valence-electron chi connectivity index (χ1n) is 6.90. The summed E-state index contributed by atoms with van der Waals surface area (Å²) in [4.78, 5) is 13.4. The lowest BCUT2D eigenvalue weighted by atomic mass is 10.0. The van der Waals surface area contributed by atoms with Crippen molar-refractivity contribution in [3.05, 3.63) is 23.8 Å². The van der Waals surface area contributed by atoms with Gasteiger partial charge < -0.3 is 20.7 Å². The van der Waals surface area contributed by atoms with E-state index in [4.69, 9.17) is 10.5 Å². The van der Waals surface area contributed by atoms with E-state index >= 15 is 0 Å². The third-order valence-corrected chi connectivity index (χ3v) is 3.66. The van der Waals surface area contributed by atoms with Gasteiger partial charge in [0.1, 0.15) is 0 Å². The average Bonchev–Trinajstić information content (AvgIpc) is 2.83. The van der Waals surface area contributed by atoms with Crippen LogP contribution in [-0.4, -0.2) is 43.7 Å². The van der Waals surface area contributed by atoms with E-state index in [2.05, 4.69) is 12.2 Å². The van der Waals surface area contributed by atoms with E-state index in [1.54, 1.807) is 26.2 Å². The predicted octanol–water partition coefficient (Wildman–Crippen LogP) is 1.95. The highest BCUT2D eigenvalue weighted by atomic mass is 16.5. The first-order chi connectivity index (χ1) is 9.41. The number of amides is 1. The third-order valence-electron chi connectivity index (χ3n) is 3.66. The van der Waals surface area contributed by atoms with Crippen molar-refractivity contribution in [2.45, 2.75) is 25.4 Å². The number of nitrogen functional groups attached to an aromatic ring is 1. The van der Waals surface area contributed by atoms with Crippen LogP contribution in [0.3, 0.4) is 0 Å². The number of anilines is 2. The molecule has 0 radical (unpaired) electrons. The van der Waals surface area contributed by atoms with Crippen LogP contribution in [0.5, 0.6) is 0 Å². The summed E-state index contributed by atoms with van der Waals surface area (Å²) in [6, 6.07) is 5.35. The fourth-order valence-corrected chi connectivity index (χ4v) is 2.37. The number of nitrogens with two attached hydrogens (primary N) is 1. The summed E-state index contributed by atoms with van der Waals surface area (Å²) >= 11 is 0. The minimum atomic E-state index is -0.120. The zero-order valence-corrected chi connectivity index (χ0v) is 12.4. The normalized spacial score (nSPS) is 21.8. The maximum Gasteiger partial charge on any atom is 0.253 e. The lowest BCUT2D eigenvalue weighted by Gasteiger charge is -2.24. The molecule has 3 N–H and O–H groups in total. The first-order valence-corrected chi connectivity index (χ1v) is 6.90. The average molecular weight is 277 g/mol. The van der Waals surface area contributed by atoms with Crippen molar-refractivity contribution in [1.29, 1.82) is 0 Å². The van der Waals surface area contributed by atoms with Crippen molar-refractivity contribution in [2.75, 3.05) is 38.3 Å². The van der Waals surface area contributed by atoms with Crippen LogP contribution in [0.15, 0.2) is 18.2 Å². The molecule has 1 aromatic carbocycles. The Labute approximate surface area is 120 Å². The first kappa shape index (κ1) is 14.7. The fraction of sp³-hybridized carbons (Fsp3) is 0.533. The number of ether oxygens (including phenoxy) is 1. The fourth-order valence-electron chi connectivity index (χ4n) is 2.37. The number of rotatable bonds is 4. The maximum absolute atomic E-state index is 11.9. The van der Waals surface area contributed by atoms with E-state index in [1.807, 2.05) is 6.07 Å². The molecule has 1 aromatic rings. The largest absolute Gasteiger partial charge is 0.397 e. The van der Waals surface area contributed by atoms with Crippen molar-refractivity contribution in [3.8, 4) is 0 Å². The van der Waals surface area contributed by atoms with Crippen LogP contribution in [-0.2, 0) is 4.74 Å². The highest BCUT2D eigenvalue weighted by Gasteiger charge is 2.29. The minimum Gasteiger partial charge on any atom is -0.397 e. The quantitative estimate of drug-likeness (QED) is 0.825. The molecular formula is C15H23N3O2. The van der Waals surface area contributed by atoms with Crippen LogP contribution in [0.1, 0.15) is 30.1 Å². The number of hydrogen-bond donors (Lipinski definition) is 2. The molecule has 0 spiro atoms. The molecule has 1 aliphatic rings. The van der Waals surface area contributed by atoms with E-state index in [-0.39, 0.29) is 11.5 Å². The Hall–Kier alpha value is -1.75. The molecule has 110 valence electrons. The molecule has 0 aliphatic carbocycles. The van der Waals surface area contributed by atoms with Gasteiger partial charge in [0.15, 0.2) is 0 Å². The van der Waals surface area contributed by atoms with E-state index in [9.17, 15) is 4.79 Å². The van der Waals surface area contributed by atoms with Gasteiger partial charge in [-0.3, -0.25) is 4.79 Å². The summed E-state index contributed by atoms with van der Waals surface area (Å²) in [6.07, 6.45) is 2.15. The maximum atomic E-state index is 11.9. The van der Waals surface area contributed by atoms with Gasteiger partial charge in [-0.2, -0.15) is 0 Å². The van der Waals surface area contributed by atoms with E-state index in [1.165, 1.54) is 4.90 Å². The molecule has 1 amide bonds. The Kier molecular flexibility index (Phi) is 4.18. The zero-order valence-electron chi connectivity index (χ0n) is 12.4.